The molecule has 1 aliphatic rings. The minimum atomic E-state index is -3.48. The Morgan fingerprint density at radius 1 is 0.972 bits per heavy atom. The number of fused-ring (bicyclic) bond motifs is 1. The fourth-order valence-corrected chi connectivity index (χ4v) is 6.49. The van der Waals surface area contributed by atoms with Crippen LogP contribution in [0.2, 0.25) is 0 Å². The van der Waals surface area contributed by atoms with Gasteiger partial charge in [0.2, 0.25) is 15.9 Å². The average Bonchev–Trinajstić information content (AvgIpc) is 3.44. The van der Waals surface area contributed by atoms with Crippen molar-refractivity contribution in [2.75, 3.05) is 24.2 Å². The van der Waals surface area contributed by atoms with Gasteiger partial charge in [0.15, 0.2) is 5.82 Å². The normalized spacial score (nSPS) is 14.2. The second kappa shape index (κ2) is 10.4. The molecular weight excluding hydrogens is 492 g/mol. The summed E-state index contributed by atoms with van der Waals surface area (Å²) in [7, 11) is -3.48. The van der Waals surface area contributed by atoms with E-state index in [-0.39, 0.29) is 16.6 Å². The monoisotopic (exact) mass is 518 g/mol. The average molecular weight is 519 g/mol. The predicted molar refractivity (Wildman–Crippen MR) is 143 cm³/mol. The molecule has 2 heterocycles. The number of sulfonamides is 1. The smallest absolute Gasteiger partial charge is 0.243 e. The molecule has 3 aromatic carbocycles. The van der Waals surface area contributed by atoms with Crippen molar-refractivity contribution < 1.29 is 13.2 Å². The topological polar surface area (TPSA) is 92.3 Å². The van der Waals surface area contributed by atoms with Gasteiger partial charge in [-0.1, -0.05) is 53.7 Å². The fraction of sp³-hybridized carbons (Fsp3) is 0.222. The van der Waals surface area contributed by atoms with Crippen molar-refractivity contribution in [1.29, 1.82) is 0 Å². The molecule has 1 aromatic heterocycles. The molecule has 5 rings (SSSR count). The third-order valence-corrected chi connectivity index (χ3v) is 8.93. The lowest BCUT2D eigenvalue weighted by Crippen LogP contribution is -2.27. The summed E-state index contributed by atoms with van der Waals surface area (Å²) in [5.41, 5.74) is 3.38. The number of hydrogen-bond donors (Lipinski definition) is 1. The molecule has 184 valence electrons. The van der Waals surface area contributed by atoms with Crippen molar-refractivity contribution in [3.8, 4) is 11.4 Å². The Kier molecular flexibility index (Phi) is 7.04. The predicted octanol–water partition coefficient (Wildman–Crippen LogP) is 5.12. The summed E-state index contributed by atoms with van der Waals surface area (Å²) in [6.45, 7) is 3.13. The van der Waals surface area contributed by atoms with Gasteiger partial charge in [-0.05, 0) is 56.2 Å². The van der Waals surface area contributed by atoms with Gasteiger partial charge in [0, 0.05) is 29.7 Å². The molecule has 0 bridgehead atoms. The highest BCUT2D eigenvalue weighted by Gasteiger charge is 2.27. The minimum absolute atomic E-state index is 0.155. The van der Waals surface area contributed by atoms with Crippen LogP contribution in [0.25, 0.3) is 22.3 Å². The van der Waals surface area contributed by atoms with Crippen molar-refractivity contribution in [2.24, 2.45) is 0 Å². The summed E-state index contributed by atoms with van der Waals surface area (Å²) >= 11 is 1.35. The van der Waals surface area contributed by atoms with E-state index in [0.29, 0.717) is 24.6 Å². The molecule has 1 amide bonds. The summed E-state index contributed by atoms with van der Waals surface area (Å²) < 4.78 is 26.9. The van der Waals surface area contributed by atoms with Gasteiger partial charge < -0.3 is 5.32 Å². The number of carbonyl (C=O) groups is 1. The van der Waals surface area contributed by atoms with Crippen LogP contribution in [0, 0.1) is 6.92 Å². The molecule has 0 saturated carbocycles. The molecule has 0 aliphatic carbocycles. The van der Waals surface area contributed by atoms with Crippen molar-refractivity contribution in [3.05, 3.63) is 78.4 Å². The van der Waals surface area contributed by atoms with Crippen molar-refractivity contribution in [1.82, 2.24) is 14.3 Å². The van der Waals surface area contributed by atoms with Crippen LogP contribution in [0.15, 0.2) is 82.7 Å². The maximum atomic E-state index is 12.7. The highest BCUT2D eigenvalue weighted by molar-refractivity contribution is 8.00. The van der Waals surface area contributed by atoms with Crippen molar-refractivity contribution in [2.45, 2.75) is 29.7 Å². The Morgan fingerprint density at radius 3 is 2.42 bits per heavy atom. The number of benzene rings is 3. The van der Waals surface area contributed by atoms with Gasteiger partial charge in [0.25, 0.3) is 0 Å². The first kappa shape index (κ1) is 24.4. The van der Waals surface area contributed by atoms with E-state index in [1.54, 1.807) is 24.3 Å². The Morgan fingerprint density at radius 2 is 1.69 bits per heavy atom. The molecule has 0 radical (unpaired) electrons. The second-order valence-corrected chi connectivity index (χ2v) is 11.6. The van der Waals surface area contributed by atoms with Gasteiger partial charge >= 0.3 is 0 Å². The number of nitrogens with one attached hydrogen (secondary N) is 1. The lowest BCUT2D eigenvalue weighted by molar-refractivity contribution is -0.113. The molecule has 9 heteroatoms. The van der Waals surface area contributed by atoms with E-state index >= 15 is 0 Å². The van der Waals surface area contributed by atoms with Gasteiger partial charge in [0.1, 0.15) is 5.03 Å². The van der Waals surface area contributed by atoms with E-state index in [1.165, 1.54) is 16.1 Å². The van der Waals surface area contributed by atoms with Crippen LogP contribution < -0.4 is 5.32 Å². The van der Waals surface area contributed by atoms with Crippen LogP contribution in [-0.2, 0) is 14.8 Å². The van der Waals surface area contributed by atoms with Crippen molar-refractivity contribution >= 4 is 44.3 Å². The molecule has 4 aromatic rings. The third kappa shape index (κ3) is 5.28. The van der Waals surface area contributed by atoms with E-state index in [0.717, 1.165) is 39.9 Å². The number of rotatable bonds is 7. The number of hydrogen-bond acceptors (Lipinski definition) is 6. The first-order valence-electron chi connectivity index (χ1n) is 11.8. The molecule has 0 unspecified atom stereocenters. The first-order chi connectivity index (χ1) is 17.4. The van der Waals surface area contributed by atoms with Gasteiger partial charge in [-0.15, -0.1) is 0 Å². The van der Waals surface area contributed by atoms with Crippen LogP contribution in [0.5, 0.6) is 0 Å². The standard InChI is InChI=1S/C27H26N4O3S2/c1-19-9-14-24-23(17-19)27(30-26(29-24)20-7-3-2-4-8-20)35-18-25(32)28-21-10-12-22(13-11-21)36(33,34)31-15-5-6-16-31/h2-4,7-14,17H,5-6,15-16,18H2,1H3,(H,28,32). The lowest BCUT2D eigenvalue weighted by Gasteiger charge is -2.15. The number of thioether (sulfide) groups is 1. The molecule has 7 nitrogen and oxygen atoms in total. The number of aromatic nitrogens is 2. The lowest BCUT2D eigenvalue weighted by atomic mass is 10.1. The van der Waals surface area contributed by atoms with E-state index in [4.69, 9.17) is 9.97 Å². The minimum Gasteiger partial charge on any atom is -0.325 e. The zero-order chi connectivity index (χ0) is 25.1. The van der Waals surface area contributed by atoms with E-state index in [2.05, 4.69) is 5.32 Å². The second-order valence-electron chi connectivity index (χ2n) is 8.71. The van der Waals surface area contributed by atoms with Gasteiger partial charge in [-0.3, -0.25) is 4.79 Å². The zero-order valence-corrected chi connectivity index (χ0v) is 21.5. The van der Waals surface area contributed by atoms with E-state index in [1.807, 2.05) is 55.5 Å². The van der Waals surface area contributed by atoms with E-state index < -0.39 is 10.0 Å². The Labute approximate surface area is 215 Å². The molecule has 1 N–H and O–H groups in total. The fourth-order valence-electron chi connectivity index (χ4n) is 4.16. The third-order valence-electron chi connectivity index (χ3n) is 6.03. The highest BCUT2D eigenvalue weighted by Crippen LogP contribution is 2.29. The Balaban J connectivity index is 1.31. The van der Waals surface area contributed by atoms with Crippen LogP contribution >= 0.6 is 11.8 Å². The molecule has 0 atom stereocenters. The molecule has 0 spiro atoms. The van der Waals surface area contributed by atoms with Crippen LogP contribution in [-0.4, -0.2) is 47.4 Å². The summed E-state index contributed by atoms with van der Waals surface area (Å²) in [6.07, 6.45) is 1.78. The zero-order valence-electron chi connectivity index (χ0n) is 19.8. The maximum absolute atomic E-state index is 12.7. The quantitative estimate of drug-likeness (QED) is 0.270. The summed E-state index contributed by atoms with van der Waals surface area (Å²) in [5, 5.41) is 4.50. The Bertz CT molecular complexity index is 1500. The van der Waals surface area contributed by atoms with Crippen LogP contribution in [0.3, 0.4) is 0 Å². The number of carbonyl (C=O) groups excluding carboxylic acids is 1. The molecule has 36 heavy (non-hydrogen) atoms. The summed E-state index contributed by atoms with van der Waals surface area (Å²) in [5.74, 6) is 0.572. The SMILES string of the molecule is Cc1ccc2nc(-c3ccccc3)nc(SCC(=O)Nc3ccc(S(=O)(=O)N4CCCC4)cc3)c2c1. The van der Waals surface area contributed by atoms with Crippen molar-refractivity contribution in [3.63, 3.8) is 0 Å². The summed E-state index contributed by atoms with van der Waals surface area (Å²) in [4.78, 5) is 22.5. The number of anilines is 1. The van der Waals surface area contributed by atoms with E-state index in [9.17, 15) is 13.2 Å². The largest absolute Gasteiger partial charge is 0.325 e. The number of nitrogens with zero attached hydrogens (tertiary/aromatic N) is 3. The highest BCUT2D eigenvalue weighted by atomic mass is 32.2. The number of amides is 1. The number of aryl methyl sites for hydroxylation is 1. The van der Waals surface area contributed by atoms with Crippen LogP contribution in [0.1, 0.15) is 18.4 Å². The molecular formula is C27H26N4O3S2. The molecule has 1 saturated heterocycles. The van der Waals surface area contributed by atoms with Gasteiger partial charge in [-0.2, -0.15) is 4.31 Å². The Hall–Kier alpha value is -3.27. The van der Waals surface area contributed by atoms with Gasteiger partial charge in [0.05, 0.1) is 16.2 Å². The van der Waals surface area contributed by atoms with Gasteiger partial charge in [-0.25, -0.2) is 18.4 Å². The summed E-state index contributed by atoms with van der Waals surface area (Å²) in [6, 6.07) is 22.1. The van der Waals surface area contributed by atoms with Crippen LogP contribution in [0.4, 0.5) is 5.69 Å². The molecule has 1 fully saturated rings. The first-order valence-corrected chi connectivity index (χ1v) is 14.2. The molecule has 1 aliphatic heterocycles. The maximum Gasteiger partial charge on any atom is 0.243 e.